The number of carbonyl (C=O) groups is 1. The van der Waals surface area contributed by atoms with E-state index < -0.39 is 0 Å². The minimum Gasteiger partial charge on any atom is -0.497 e. The molecule has 4 rings (SSSR count). The average Bonchev–Trinajstić information content (AvgIpc) is 3.10. The van der Waals surface area contributed by atoms with Crippen molar-refractivity contribution in [1.29, 1.82) is 0 Å². The van der Waals surface area contributed by atoms with Crippen molar-refractivity contribution < 1.29 is 9.53 Å². The number of likely N-dealkylation sites (tertiary alicyclic amines) is 2. The van der Waals surface area contributed by atoms with E-state index in [0.717, 1.165) is 55.2 Å². The first kappa shape index (κ1) is 19.3. The molecular weight excluding hydrogens is 372 g/mol. The predicted octanol–water partition coefficient (Wildman–Crippen LogP) is 4.33. The molecule has 4 nitrogen and oxygen atoms in total. The van der Waals surface area contributed by atoms with E-state index in [1.54, 1.807) is 7.11 Å². The average molecular weight is 399 g/mol. The lowest BCUT2D eigenvalue weighted by Crippen LogP contribution is -2.45. The van der Waals surface area contributed by atoms with Crippen molar-refractivity contribution in [2.45, 2.75) is 37.8 Å². The second-order valence-electron chi connectivity index (χ2n) is 7.77. The Hall–Kier alpha value is -2.04. The summed E-state index contributed by atoms with van der Waals surface area (Å²) in [5, 5.41) is 0.731. The van der Waals surface area contributed by atoms with Crippen LogP contribution in [-0.4, -0.2) is 48.5 Å². The fourth-order valence-electron chi connectivity index (χ4n) is 4.45. The number of benzene rings is 2. The number of ether oxygens (including phenoxy) is 1. The minimum atomic E-state index is 0.0455. The van der Waals surface area contributed by atoms with E-state index in [9.17, 15) is 4.79 Å². The van der Waals surface area contributed by atoms with Crippen LogP contribution in [0.3, 0.4) is 0 Å². The van der Waals surface area contributed by atoms with Crippen molar-refractivity contribution in [2.75, 3.05) is 26.7 Å². The summed E-state index contributed by atoms with van der Waals surface area (Å²) in [6.45, 7) is 3.49. The van der Waals surface area contributed by atoms with Crippen LogP contribution in [0.25, 0.3) is 0 Å². The quantitative estimate of drug-likeness (QED) is 0.751. The van der Waals surface area contributed by atoms with Crippen molar-refractivity contribution in [3.8, 4) is 5.75 Å². The molecule has 0 bridgehead atoms. The van der Waals surface area contributed by atoms with Gasteiger partial charge >= 0.3 is 0 Å². The summed E-state index contributed by atoms with van der Waals surface area (Å²) in [6, 6.07) is 16.3. The molecule has 0 N–H and O–H groups in total. The van der Waals surface area contributed by atoms with E-state index in [1.807, 2.05) is 41.3 Å². The van der Waals surface area contributed by atoms with Gasteiger partial charge in [0.1, 0.15) is 5.75 Å². The standard InChI is InChI=1S/C23H27ClN2O2/c1-28-21-8-4-18(5-9-21)19-10-13-25(14-11-19)22-12-15-26(23(22)27)16-17-2-6-20(24)7-3-17/h2-9,19,22H,10-16H2,1H3. The number of hydrogen-bond acceptors (Lipinski definition) is 3. The molecule has 1 unspecified atom stereocenters. The van der Waals surface area contributed by atoms with Gasteiger partial charge in [0, 0.05) is 18.1 Å². The first-order valence-electron chi connectivity index (χ1n) is 10.1. The summed E-state index contributed by atoms with van der Waals surface area (Å²) in [5.74, 6) is 1.75. The highest BCUT2D eigenvalue weighted by atomic mass is 35.5. The molecule has 2 aliphatic heterocycles. The molecule has 1 amide bonds. The highest BCUT2D eigenvalue weighted by Gasteiger charge is 2.37. The van der Waals surface area contributed by atoms with Gasteiger partial charge in [0.05, 0.1) is 13.2 Å². The van der Waals surface area contributed by atoms with Gasteiger partial charge in [-0.3, -0.25) is 9.69 Å². The number of amides is 1. The molecular formula is C23H27ClN2O2. The van der Waals surface area contributed by atoms with Gasteiger partial charge in [0.15, 0.2) is 0 Å². The maximum Gasteiger partial charge on any atom is 0.240 e. The molecule has 2 saturated heterocycles. The normalized spacial score (nSPS) is 21.3. The predicted molar refractivity (Wildman–Crippen MR) is 112 cm³/mol. The van der Waals surface area contributed by atoms with E-state index in [1.165, 1.54) is 5.56 Å². The van der Waals surface area contributed by atoms with Crippen LogP contribution in [0.15, 0.2) is 48.5 Å². The molecule has 0 saturated carbocycles. The third-order valence-electron chi connectivity index (χ3n) is 6.11. The molecule has 0 radical (unpaired) electrons. The van der Waals surface area contributed by atoms with Gasteiger partial charge in [-0.1, -0.05) is 35.9 Å². The van der Waals surface area contributed by atoms with Crippen LogP contribution < -0.4 is 4.74 Å². The minimum absolute atomic E-state index is 0.0455. The Kier molecular flexibility index (Phi) is 5.88. The van der Waals surface area contributed by atoms with Crippen molar-refractivity contribution in [3.63, 3.8) is 0 Å². The summed E-state index contributed by atoms with van der Waals surface area (Å²) in [5.41, 5.74) is 2.51. The fraction of sp³-hybridized carbons (Fsp3) is 0.435. The lowest BCUT2D eigenvalue weighted by Gasteiger charge is -2.35. The molecule has 5 heteroatoms. The Bertz CT molecular complexity index is 798. The molecule has 0 spiro atoms. The second-order valence-corrected chi connectivity index (χ2v) is 8.21. The lowest BCUT2D eigenvalue weighted by atomic mass is 9.89. The first-order chi connectivity index (χ1) is 13.6. The Morgan fingerprint density at radius 1 is 0.964 bits per heavy atom. The summed E-state index contributed by atoms with van der Waals surface area (Å²) in [7, 11) is 1.70. The van der Waals surface area contributed by atoms with Crippen molar-refractivity contribution >= 4 is 17.5 Å². The van der Waals surface area contributed by atoms with E-state index in [4.69, 9.17) is 16.3 Å². The van der Waals surface area contributed by atoms with Crippen molar-refractivity contribution in [1.82, 2.24) is 9.80 Å². The molecule has 28 heavy (non-hydrogen) atoms. The Labute approximate surface area is 172 Å². The number of methoxy groups -OCH3 is 1. The molecule has 1 atom stereocenters. The largest absolute Gasteiger partial charge is 0.497 e. The van der Waals surface area contributed by atoms with Gasteiger partial charge in [-0.05, 0) is 73.7 Å². The Morgan fingerprint density at radius 2 is 1.64 bits per heavy atom. The summed E-state index contributed by atoms with van der Waals surface area (Å²) >= 11 is 5.96. The molecule has 2 aromatic rings. The maximum absolute atomic E-state index is 12.9. The van der Waals surface area contributed by atoms with Crippen LogP contribution in [0, 0.1) is 0 Å². The van der Waals surface area contributed by atoms with Gasteiger partial charge in [-0.2, -0.15) is 0 Å². The maximum atomic E-state index is 12.9. The zero-order valence-corrected chi connectivity index (χ0v) is 17.1. The molecule has 2 aromatic carbocycles. The Balaban J connectivity index is 1.32. The van der Waals surface area contributed by atoms with Crippen LogP contribution in [0.4, 0.5) is 0 Å². The summed E-state index contributed by atoms with van der Waals surface area (Å²) in [4.78, 5) is 17.3. The van der Waals surface area contributed by atoms with E-state index in [0.29, 0.717) is 12.5 Å². The van der Waals surface area contributed by atoms with Crippen LogP contribution in [0.2, 0.25) is 5.02 Å². The monoisotopic (exact) mass is 398 g/mol. The third kappa shape index (κ3) is 4.18. The number of rotatable bonds is 5. The van der Waals surface area contributed by atoms with Crippen LogP contribution >= 0.6 is 11.6 Å². The van der Waals surface area contributed by atoms with Crippen LogP contribution in [0.5, 0.6) is 5.75 Å². The number of hydrogen-bond donors (Lipinski definition) is 0. The number of halogens is 1. The molecule has 2 heterocycles. The number of nitrogens with zero attached hydrogens (tertiary/aromatic N) is 2. The van der Waals surface area contributed by atoms with Gasteiger partial charge in [-0.25, -0.2) is 0 Å². The van der Waals surface area contributed by atoms with Gasteiger partial charge in [0.2, 0.25) is 5.91 Å². The SMILES string of the molecule is COc1ccc(C2CCN(C3CCN(Cc4ccc(Cl)cc4)C3=O)CC2)cc1. The van der Waals surface area contributed by atoms with Crippen molar-refractivity contribution in [2.24, 2.45) is 0 Å². The first-order valence-corrected chi connectivity index (χ1v) is 10.4. The smallest absolute Gasteiger partial charge is 0.240 e. The lowest BCUT2D eigenvalue weighted by molar-refractivity contribution is -0.133. The number of piperidine rings is 1. The molecule has 148 valence electrons. The van der Waals surface area contributed by atoms with E-state index in [2.05, 4.69) is 17.0 Å². The summed E-state index contributed by atoms with van der Waals surface area (Å²) < 4.78 is 5.25. The van der Waals surface area contributed by atoms with Gasteiger partial charge in [-0.15, -0.1) is 0 Å². The van der Waals surface area contributed by atoms with Crippen LogP contribution in [0.1, 0.15) is 36.3 Å². The topological polar surface area (TPSA) is 32.8 Å². The number of carbonyl (C=O) groups excluding carboxylic acids is 1. The molecule has 0 aliphatic carbocycles. The molecule has 2 aliphatic rings. The molecule has 0 aromatic heterocycles. The highest BCUT2D eigenvalue weighted by molar-refractivity contribution is 6.30. The third-order valence-corrected chi connectivity index (χ3v) is 6.37. The second kappa shape index (κ2) is 8.54. The van der Waals surface area contributed by atoms with E-state index in [-0.39, 0.29) is 11.9 Å². The molecule has 2 fully saturated rings. The van der Waals surface area contributed by atoms with Crippen molar-refractivity contribution in [3.05, 3.63) is 64.7 Å². The highest BCUT2D eigenvalue weighted by Crippen LogP contribution is 2.32. The van der Waals surface area contributed by atoms with Gasteiger partial charge in [0.25, 0.3) is 0 Å². The zero-order valence-electron chi connectivity index (χ0n) is 16.3. The zero-order chi connectivity index (χ0) is 19.5. The fourth-order valence-corrected chi connectivity index (χ4v) is 4.58. The summed E-state index contributed by atoms with van der Waals surface area (Å²) in [6.07, 6.45) is 3.14. The van der Waals surface area contributed by atoms with Crippen LogP contribution in [-0.2, 0) is 11.3 Å². The Morgan fingerprint density at radius 3 is 2.29 bits per heavy atom. The van der Waals surface area contributed by atoms with Gasteiger partial charge < -0.3 is 9.64 Å². The van der Waals surface area contributed by atoms with E-state index >= 15 is 0 Å².